The average molecular weight is 327 g/mol. The molecule has 1 atom stereocenters. The summed E-state index contributed by atoms with van der Waals surface area (Å²) < 4.78 is 5.58. The number of rotatable bonds is 7. The molecule has 0 aliphatic rings. The van der Waals surface area contributed by atoms with E-state index in [4.69, 9.17) is 9.84 Å². The monoisotopic (exact) mass is 327 g/mol. The van der Waals surface area contributed by atoms with Gasteiger partial charge in [-0.05, 0) is 37.6 Å². The van der Waals surface area contributed by atoms with Gasteiger partial charge in [-0.1, -0.05) is 30.3 Å². The lowest BCUT2D eigenvalue weighted by Crippen LogP contribution is -2.28. The van der Waals surface area contributed by atoms with Crippen molar-refractivity contribution in [1.82, 2.24) is 5.32 Å². The van der Waals surface area contributed by atoms with Crippen LogP contribution in [-0.4, -0.2) is 23.6 Å². The fourth-order valence-electron chi connectivity index (χ4n) is 2.50. The summed E-state index contributed by atoms with van der Waals surface area (Å²) in [6.45, 7) is 4.36. The molecule has 0 aliphatic heterocycles. The van der Waals surface area contributed by atoms with Crippen LogP contribution in [0.5, 0.6) is 5.75 Å². The van der Waals surface area contributed by atoms with Crippen LogP contribution in [0.2, 0.25) is 0 Å². The Kier molecular flexibility index (Phi) is 5.95. The second-order valence-corrected chi connectivity index (χ2v) is 5.44. The average Bonchev–Trinajstić information content (AvgIpc) is 2.55. The minimum atomic E-state index is -1.00. The summed E-state index contributed by atoms with van der Waals surface area (Å²) in [7, 11) is 0. The zero-order valence-corrected chi connectivity index (χ0v) is 13.8. The predicted octanol–water partition coefficient (Wildman–Crippen LogP) is 3.20. The third-order valence-corrected chi connectivity index (χ3v) is 3.60. The molecule has 2 N–H and O–H groups in total. The third kappa shape index (κ3) is 4.59. The maximum atomic E-state index is 12.2. The number of aromatic carboxylic acids is 1. The van der Waals surface area contributed by atoms with Crippen molar-refractivity contribution >= 4 is 11.9 Å². The Bertz CT molecular complexity index is 727. The molecule has 1 unspecified atom stereocenters. The fourth-order valence-corrected chi connectivity index (χ4v) is 2.50. The Hall–Kier alpha value is -2.82. The van der Waals surface area contributed by atoms with Crippen molar-refractivity contribution in [3.05, 3.63) is 65.2 Å². The van der Waals surface area contributed by atoms with Crippen LogP contribution in [0.15, 0.2) is 48.5 Å². The smallest absolute Gasteiger partial charge is 0.335 e. The quantitative estimate of drug-likeness (QED) is 0.819. The van der Waals surface area contributed by atoms with Gasteiger partial charge >= 0.3 is 5.97 Å². The highest BCUT2D eigenvalue weighted by atomic mass is 16.5. The molecule has 0 saturated carbocycles. The van der Waals surface area contributed by atoms with Gasteiger partial charge in [-0.25, -0.2) is 4.79 Å². The molecule has 0 aliphatic carbocycles. The highest BCUT2D eigenvalue weighted by Crippen LogP contribution is 2.24. The molecule has 0 bridgehead atoms. The Balaban J connectivity index is 2.04. The van der Waals surface area contributed by atoms with Crippen LogP contribution >= 0.6 is 0 Å². The Morgan fingerprint density at radius 2 is 1.92 bits per heavy atom. The normalized spacial score (nSPS) is 11.6. The molecule has 1 amide bonds. The third-order valence-electron chi connectivity index (χ3n) is 3.60. The number of benzene rings is 2. The van der Waals surface area contributed by atoms with E-state index in [-0.39, 0.29) is 23.9 Å². The van der Waals surface area contributed by atoms with Gasteiger partial charge in [0.1, 0.15) is 5.75 Å². The number of hydrogen-bond acceptors (Lipinski definition) is 3. The fraction of sp³-hybridized carbons (Fsp3) is 0.263. The Morgan fingerprint density at radius 3 is 2.62 bits per heavy atom. The van der Waals surface area contributed by atoms with Crippen molar-refractivity contribution in [3.63, 3.8) is 0 Å². The number of ether oxygens (including phenoxy) is 1. The van der Waals surface area contributed by atoms with Crippen LogP contribution in [-0.2, 0) is 11.2 Å². The molecule has 0 saturated heterocycles. The molecule has 0 aromatic heterocycles. The van der Waals surface area contributed by atoms with Crippen molar-refractivity contribution in [2.45, 2.75) is 26.3 Å². The number of para-hydroxylation sites is 1. The highest BCUT2D eigenvalue weighted by Gasteiger charge is 2.14. The molecule has 0 radical (unpaired) electrons. The number of carbonyl (C=O) groups is 2. The molecule has 5 nitrogen and oxygen atoms in total. The van der Waals surface area contributed by atoms with Crippen molar-refractivity contribution in [1.29, 1.82) is 0 Å². The highest BCUT2D eigenvalue weighted by molar-refractivity contribution is 5.88. The second-order valence-electron chi connectivity index (χ2n) is 5.44. The lowest BCUT2D eigenvalue weighted by molar-refractivity contribution is -0.121. The predicted molar refractivity (Wildman–Crippen MR) is 91.3 cm³/mol. The molecule has 0 fully saturated rings. The molecule has 24 heavy (non-hydrogen) atoms. The van der Waals surface area contributed by atoms with Crippen molar-refractivity contribution in [2.24, 2.45) is 0 Å². The molecule has 2 rings (SSSR count). The number of carbonyl (C=O) groups excluding carboxylic acids is 1. The topological polar surface area (TPSA) is 75.6 Å². The van der Waals surface area contributed by atoms with E-state index in [9.17, 15) is 9.59 Å². The molecular weight excluding hydrogens is 306 g/mol. The maximum absolute atomic E-state index is 12.2. The van der Waals surface area contributed by atoms with Gasteiger partial charge in [0.2, 0.25) is 5.91 Å². The molecule has 5 heteroatoms. The first-order valence-corrected chi connectivity index (χ1v) is 7.84. The van der Waals surface area contributed by atoms with Gasteiger partial charge in [-0.2, -0.15) is 0 Å². The van der Waals surface area contributed by atoms with Gasteiger partial charge in [-0.3, -0.25) is 4.79 Å². The molecule has 126 valence electrons. The summed E-state index contributed by atoms with van der Waals surface area (Å²) in [6, 6.07) is 13.8. The standard InChI is InChI=1S/C19H21NO4/c1-3-24-17-10-5-4-9-16(17)13(2)20-18(21)12-14-7-6-8-15(11-14)19(22)23/h4-11,13H,3,12H2,1-2H3,(H,20,21)(H,22,23). The van der Waals surface area contributed by atoms with Crippen LogP contribution in [0.25, 0.3) is 0 Å². The van der Waals surface area contributed by atoms with Crippen molar-refractivity contribution in [3.8, 4) is 5.75 Å². The van der Waals surface area contributed by atoms with Crippen molar-refractivity contribution < 1.29 is 19.4 Å². The summed E-state index contributed by atoms with van der Waals surface area (Å²) in [5, 5.41) is 11.9. The van der Waals surface area contributed by atoms with E-state index in [1.54, 1.807) is 12.1 Å². The summed E-state index contributed by atoms with van der Waals surface area (Å²) in [5.74, 6) is -0.423. The van der Waals surface area contributed by atoms with E-state index in [1.165, 1.54) is 12.1 Å². The first-order chi connectivity index (χ1) is 11.5. The number of carboxylic acids is 1. The molecule has 0 spiro atoms. The van der Waals surface area contributed by atoms with Gasteiger partial charge < -0.3 is 15.2 Å². The first kappa shape index (κ1) is 17.5. The van der Waals surface area contributed by atoms with Gasteiger partial charge in [0.05, 0.1) is 24.6 Å². The van der Waals surface area contributed by atoms with E-state index in [0.717, 1.165) is 11.3 Å². The van der Waals surface area contributed by atoms with Crippen LogP contribution in [0.1, 0.15) is 41.4 Å². The van der Waals surface area contributed by atoms with Crippen LogP contribution < -0.4 is 10.1 Å². The van der Waals surface area contributed by atoms with E-state index in [1.807, 2.05) is 38.1 Å². The SMILES string of the molecule is CCOc1ccccc1C(C)NC(=O)Cc1cccc(C(=O)O)c1. The van der Waals surface area contributed by atoms with E-state index < -0.39 is 5.97 Å². The van der Waals surface area contributed by atoms with Crippen LogP contribution in [0.4, 0.5) is 0 Å². The lowest BCUT2D eigenvalue weighted by Gasteiger charge is -2.18. The summed E-state index contributed by atoms with van der Waals surface area (Å²) in [6.07, 6.45) is 0.127. The molecule has 0 heterocycles. The number of amides is 1. The minimum absolute atomic E-state index is 0.127. The van der Waals surface area contributed by atoms with E-state index in [0.29, 0.717) is 12.2 Å². The maximum Gasteiger partial charge on any atom is 0.335 e. The number of hydrogen-bond donors (Lipinski definition) is 2. The minimum Gasteiger partial charge on any atom is -0.494 e. The molecular formula is C19H21NO4. The van der Waals surface area contributed by atoms with Gasteiger partial charge in [0.15, 0.2) is 0 Å². The lowest BCUT2D eigenvalue weighted by atomic mass is 10.1. The van der Waals surface area contributed by atoms with Gasteiger partial charge in [-0.15, -0.1) is 0 Å². The van der Waals surface area contributed by atoms with E-state index in [2.05, 4.69) is 5.32 Å². The molecule has 2 aromatic rings. The number of carboxylic acid groups (broad SMARTS) is 1. The largest absolute Gasteiger partial charge is 0.494 e. The summed E-state index contributed by atoms with van der Waals surface area (Å²) in [5.41, 5.74) is 1.75. The Labute approximate surface area is 141 Å². The molecule has 2 aromatic carbocycles. The first-order valence-electron chi connectivity index (χ1n) is 7.84. The van der Waals surface area contributed by atoms with Crippen molar-refractivity contribution in [2.75, 3.05) is 6.61 Å². The van der Waals surface area contributed by atoms with E-state index >= 15 is 0 Å². The summed E-state index contributed by atoms with van der Waals surface area (Å²) in [4.78, 5) is 23.2. The van der Waals surface area contributed by atoms with Gasteiger partial charge in [0.25, 0.3) is 0 Å². The second kappa shape index (κ2) is 8.15. The summed E-state index contributed by atoms with van der Waals surface area (Å²) >= 11 is 0. The number of nitrogens with one attached hydrogen (secondary N) is 1. The van der Waals surface area contributed by atoms with Gasteiger partial charge in [0, 0.05) is 5.56 Å². The zero-order valence-electron chi connectivity index (χ0n) is 13.8. The Morgan fingerprint density at radius 1 is 1.17 bits per heavy atom. The van der Waals surface area contributed by atoms with Crippen LogP contribution in [0, 0.1) is 0 Å². The zero-order chi connectivity index (χ0) is 17.5. The van der Waals surface area contributed by atoms with Crippen LogP contribution in [0.3, 0.4) is 0 Å².